The zero-order valence-electron chi connectivity index (χ0n) is 22.3. The van der Waals surface area contributed by atoms with Gasteiger partial charge in [0.05, 0.1) is 23.8 Å². The van der Waals surface area contributed by atoms with Crippen molar-refractivity contribution in [2.24, 2.45) is 0 Å². The number of carbonyl (C=O) groups excluding carboxylic acids is 3. The molecular formula is C28H30F4N4O4. The second-order valence-corrected chi connectivity index (χ2v) is 9.74. The van der Waals surface area contributed by atoms with E-state index in [2.05, 4.69) is 5.32 Å². The van der Waals surface area contributed by atoms with Crippen molar-refractivity contribution in [1.29, 1.82) is 0 Å². The van der Waals surface area contributed by atoms with Crippen molar-refractivity contribution in [2.75, 3.05) is 39.8 Å². The fourth-order valence-electron chi connectivity index (χ4n) is 4.99. The number of rotatable bonds is 6. The lowest BCUT2D eigenvalue weighted by molar-refractivity contribution is -0.139. The molecule has 12 heteroatoms. The van der Waals surface area contributed by atoms with Crippen LogP contribution in [0, 0.1) is 5.82 Å². The number of hydrogen-bond donors (Lipinski definition) is 1. The van der Waals surface area contributed by atoms with Crippen LogP contribution in [0.2, 0.25) is 0 Å². The van der Waals surface area contributed by atoms with Crippen LogP contribution in [-0.2, 0) is 15.7 Å². The number of nitrogens with one attached hydrogen (secondary N) is 1. The number of likely N-dealkylation sites (N-methyl/N-ethyl adjacent to an activating group) is 1. The van der Waals surface area contributed by atoms with E-state index in [9.17, 15) is 31.9 Å². The number of ether oxygens (including phenoxy) is 1. The molecule has 0 aromatic heterocycles. The second-order valence-electron chi connectivity index (χ2n) is 9.74. The molecule has 2 aromatic carbocycles. The van der Waals surface area contributed by atoms with E-state index < -0.39 is 35.6 Å². The molecule has 40 heavy (non-hydrogen) atoms. The molecule has 0 spiro atoms. The third kappa shape index (κ3) is 6.11. The number of nitrogens with zero attached hydrogens (tertiary/aromatic N) is 3. The molecule has 3 amide bonds. The lowest BCUT2D eigenvalue weighted by Gasteiger charge is -2.42. The lowest BCUT2D eigenvalue weighted by atomic mass is 9.94. The summed E-state index contributed by atoms with van der Waals surface area (Å²) in [5.41, 5.74) is 0.297. The highest BCUT2D eigenvalue weighted by Crippen LogP contribution is 2.33. The van der Waals surface area contributed by atoms with Gasteiger partial charge in [-0.25, -0.2) is 14.0 Å². The van der Waals surface area contributed by atoms with Gasteiger partial charge in [0, 0.05) is 50.5 Å². The SMILES string of the molecule is CCOC(=O)C1=C(CN2CCN(C(=O)c3ccc(C(F)(F)F)cc3)[C@H](C)C2)N(C)C(=O)N[C@H]1c1cccc(F)c1. The van der Waals surface area contributed by atoms with Gasteiger partial charge in [0.25, 0.3) is 5.91 Å². The van der Waals surface area contributed by atoms with Crippen LogP contribution in [0.25, 0.3) is 0 Å². The Kier molecular flexibility index (Phi) is 8.48. The Morgan fingerprint density at radius 3 is 2.40 bits per heavy atom. The fraction of sp³-hybridized carbons (Fsp3) is 0.393. The van der Waals surface area contributed by atoms with E-state index in [0.29, 0.717) is 24.4 Å². The van der Waals surface area contributed by atoms with E-state index in [1.54, 1.807) is 17.9 Å². The molecule has 8 nitrogen and oxygen atoms in total. The number of hydrogen-bond acceptors (Lipinski definition) is 5. The van der Waals surface area contributed by atoms with Crippen molar-refractivity contribution >= 4 is 17.9 Å². The van der Waals surface area contributed by atoms with E-state index in [1.807, 2.05) is 11.8 Å². The smallest absolute Gasteiger partial charge is 0.416 e. The summed E-state index contributed by atoms with van der Waals surface area (Å²) in [5.74, 6) is -1.53. The predicted octanol–water partition coefficient (Wildman–Crippen LogP) is 4.20. The van der Waals surface area contributed by atoms with Crippen LogP contribution in [0.1, 0.15) is 41.4 Å². The van der Waals surface area contributed by atoms with E-state index in [0.717, 1.165) is 12.1 Å². The Labute approximate surface area is 229 Å². The highest BCUT2D eigenvalue weighted by atomic mass is 19.4. The van der Waals surface area contributed by atoms with Crippen LogP contribution in [0.3, 0.4) is 0 Å². The normalized spacial score (nSPS) is 20.4. The highest BCUT2D eigenvalue weighted by Gasteiger charge is 2.39. The monoisotopic (exact) mass is 562 g/mol. The van der Waals surface area contributed by atoms with Crippen LogP contribution in [0.15, 0.2) is 59.8 Å². The van der Waals surface area contributed by atoms with Crippen LogP contribution >= 0.6 is 0 Å². The minimum Gasteiger partial charge on any atom is -0.463 e. The van der Waals surface area contributed by atoms with Gasteiger partial charge in [-0.05, 0) is 55.8 Å². The van der Waals surface area contributed by atoms with Crippen LogP contribution in [0.5, 0.6) is 0 Å². The van der Waals surface area contributed by atoms with Gasteiger partial charge in [0.2, 0.25) is 0 Å². The maximum absolute atomic E-state index is 14.0. The number of esters is 1. The number of halogens is 4. The Hall–Kier alpha value is -3.93. The summed E-state index contributed by atoms with van der Waals surface area (Å²) < 4.78 is 58.1. The minimum absolute atomic E-state index is 0.102. The maximum Gasteiger partial charge on any atom is 0.416 e. The van der Waals surface area contributed by atoms with Crippen molar-refractivity contribution < 1.29 is 36.7 Å². The zero-order chi connectivity index (χ0) is 29.2. The highest BCUT2D eigenvalue weighted by molar-refractivity contribution is 5.95. The third-order valence-electron chi connectivity index (χ3n) is 7.06. The summed E-state index contributed by atoms with van der Waals surface area (Å²) in [7, 11) is 1.53. The molecule has 0 unspecified atom stereocenters. The second kappa shape index (κ2) is 11.7. The van der Waals surface area contributed by atoms with Crippen molar-refractivity contribution in [3.63, 3.8) is 0 Å². The molecule has 0 radical (unpaired) electrons. The summed E-state index contributed by atoms with van der Waals surface area (Å²) >= 11 is 0. The van der Waals surface area contributed by atoms with Gasteiger partial charge in [-0.1, -0.05) is 12.1 Å². The minimum atomic E-state index is -4.49. The first kappa shape index (κ1) is 29.1. The van der Waals surface area contributed by atoms with E-state index >= 15 is 0 Å². The van der Waals surface area contributed by atoms with Gasteiger partial charge >= 0.3 is 18.2 Å². The summed E-state index contributed by atoms with van der Waals surface area (Å²) in [6, 6.07) is 8.03. The summed E-state index contributed by atoms with van der Waals surface area (Å²) in [6.07, 6.45) is -4.49. The fourth-order valence-corrected chi connectivity index (χ4v) is 4.99. The number of urea groups is 1. The molecule has 0 aliphatic carbocycles. The third-order valence-corrected chi connectivity index (χ3v) is 7.06. The summed E-state index contributed by atoms with van der Waals surface area (Å²) in [5, 5.41) is 2.75. The van der Waals surface area contributed by atoms with Crippen LogP contribution in [-0.4, -0.2) is 78.5 Å². The summed E-state index contributed by atoms with van der Waals surface area (Å²) in [6.45, 7) is 4.81. The average Bonchev–Trinajstić information content (AvgIpc) is 2.90. The van der Waals surface area contributed by atoms with Gasteiger partial charge in [0.15, 0.2) is 0 Å². The lowest BCUT2D eigenvalue weighted by Crippen LogP contribution is -2.56. The molecule has 1 saturated heterocycles. The first-order valence-electron chi connectivity index (χ1n) is 12.8. The molecule has 2 aromatic rings. The number of benzene rings is 2. The van der Waals surface area contributed by atoms with Gasteiger partial charge in [0.1, 0.15) is 5.82 Å². The Balaban J connectivity index is 1.56. The molecule has 2 aliphatic heterocycles. The first-order chi connectivity index (χ1) is 18.9. The average molecular weight is 563 g/mol. The van der Waals surface area contributed by atoms with E-state index in [-0.39, 0.29) is 42.8 Å². The van der Waals surface area contributed by atoms with Crippen LogP contribution in [0.4, 0.5) is 22.4 Å². The van der Waals surface area contributed by atoms with Gasteiger partial charge in [-0.2, -0.15) is 13.2 Å². The topological polar surface area (TPSA) is 82.2 Å². The zero-order valence-corrected chi connectivity index (χ0v) is 22.3. The Bertz CT molecular complexity index is 1310. The molecule has 0 saturated carbocycles. The molecule has 2 heterocycles. The van der Waals surface area contributed by atoms with Gasteiger partial charge in [-0.15, -0.1) is 0 Å². The molecule has 2 aliphatic rings. The van der Waals surface area contributed by atoms with E-state index in [4.69, 9.17) is 4.74 Å². The quantitative estimate of drug-likeness (QED) is 0.422. The number of amides is 3. The molecule has 4 rings (SSSR count). The van der Waals surface area contributed by atoms with Crippen molar-refractivity contribution in [3.05, 3.63) is 82.3 Å². The summed E-state index contributed by atoms with van der Waals surface area (Å²) in [4.78, 5) is 44.0. The molecule has 1 N–H and O–H groups in total. The first-order valence-corrected chi connectivity index (χ1v) is 12.8. The Morgan fingerprint density at radius 1 is 1.10 bits per heavy atom. The Morgan fingerprint density at radius 2 is 1.80 bits per heavy atom. The largest absolute Gasteiger partial charge is 0.463 e. The van der Waals surface area contributed by atoms with Gasteiger partial charge < -0.3 is 15.0 Å². The molecule has 1 fully saturated rings. The number of piperazine rings is 1. The predicted molar refractivity (Wildman–Crippen MR) is 137 cm³/mol. The van der Waals surface area contributed by atoms with Crippen molar-refractivity contribution in [2.45, 2.75) is 32.1 Å². The standard InChI is InChI=1S/C28H30F4N4O4/c1-4-40-26(38)23-22(34(3)27(39)33-24(23)19-6-5-7-21(29)14-19)16-35-12-13-36(17(2)15-35)25(37)18-8-10-20(11-9-18)28(30,31)32/h5-11,14,17,24H,4,12-13,15-16H2,1-3H3,(H,33,39)/t17-,24+/m1/s1. The van der Waals surface area contributed by atoms with Crippen LogP contribution < -0.4 is 5.32 Å². The molecule has 214 valence electrons. The van der Waals surface area contributed by atoms with Gasteiger partial charge in [-0.3, -0.25) is 14.6 Å². The van der Waals surface area contributed by atoms with Crippen molar-refractivity contribution in [1.82, 2.24) is 20.0 Å². The maximum atomic E-state index is 14.0. The number of carbonyl (C=O) groups is 3. The molecular weight excluding hydrogens is 532 g/mol. The number of alkyl halides is 3. The van der Waals surface area contributed by atoms with E-state index in [1.165, 1.54) is 42.3 Å². The molecule has 0 bridgehead atoms. The molecule has 2 atom stereocenters. The van der Waals surface area contributed by atoms with Crippen molar-refractivity contribution in [3.8, 4) is 0 Å².